The Hall–Kier alpha value is -1.53. The molecule has 1 saturated heterocycles. The first kappa shape index (κ1) is 14.9. The van der Waals surface area contributed by atoms with Crippen molar-refractivity contribution < 1.29 is 19.1 Å². The van der Waals surface area contributed by atoms with Gasteiger partial charge < -0.3 is 18.9 Å². The van der Waals surface area contributed by atoms with E-state index in [9.17, 15) is 9.59 Å². The molecule has 1 aliphatic rings. The zero-order chi connectivity index (χ0) is 14.7. The molecule has 1 amide bonds. The van der Waals surface area contributed by atoms with Gasteiger partial charge in [0.25, 0.3) is 5.91 Å². The van der Waals surface area contributed by atoms with E-state index >= 15 is 0 Å². The van der Waals surface area contributed by atoms with E-state index in [1.54, 1.807) is 28.8 Å². The Labute approximate surface area is 122 Å². The average Bonchev–Trinajstić information content (AvgIpc) is 2.77. The molecule has 0 aliphatic carbocycles. The highest BCUT2D eigenvalue weighted by molar-refractivity contribution is 6.31. The Morgan fingerprint density at radius 1 is 1.55 bits per heavy atom. The quantitative estimate of drug-likeness (QED) is 0.784. The lowest BCUT2D eigenvalue weighted by Gasteiger charge is -2.32. The molecule has 1 aliphatic heterocycles. The summed E-state index contributed by atoms with van der Waals surface area (Å²) in [5.41, 5.74) is 0.522. The lowest BCUT2D eigenvalue weighted by molar-refractivity contribution is -0.145. The molecule has 2 rings (SSSR count). The van der Waals surface area contributed by atoms with Crippen molar-refractivity contribution in [3.63, 3.8) is 0 Å². The molecule has 2 heterocycles. The van der Waals surface area contributed by atoms with Gasteiger partial charge in [0.05, 0.1) is 31.3 Å². The lowest BCUT2D eigenvalue weighted by Crippen LogP contribution is -2.46. The van der Waals surface area contributed by atoms with Gasteiger partial charge in [0, 0.05) is 26.3 Å². The van der Waals surface area contributed by atoms with E-state index in [4.69, 9.17) is 16.3 Å². The second-order valence-corrected chi connectivity index (χ2v) is 5.12. The van der Waals surface area contributed by atoms with E-state index in [0.29, 0.717) is 30.4 Å². The highest BCUT2D eigenvalue weighted by Crippen LogP contribution is 2.17. The number of carbonyl (C=O) groups is 2. The second kappa shape index (κ2) is 6.28. The standard InChI is InChI=1S/C13H17ClN2O4/c1-15-7-9(14)5-11(15)13(18)16-3-4-20-10(8-16)6-12(17)19-2/h5,7,10H,3-4,6,8H2,1-2H3. The van der Waals surface area contributed by atoms with Crippen molar-refractivity contribution in [2.45, 2.75) is 12.5 Å². The van der Waals surface area contributed by atoms with Crippen LogP contribution in [0, 0.1) is 0 Å². The first-order valence-corrected chi connectivity index (χ1v) is 6.68. The number of aromatic nitrogens is 1. The van der Waals surface area contributed by atoms with Gasteiger partial charge in [0.2, 0.25) is 0 Å². The molecule has 110 valence electrons. The minimum atomic E-state index is -0.341. The molecular weight excluding hydrogens is 284 g/mol. The predicted octanol–water partition coefficient (Wildman–Crippen LogP) is 1.08. The molecule has 0 bridgehead atoms. The molecule has 0 aromatic carbocycles. The van der Waals surface area contributed by atoms with E-state index in [2.05, 4.69) is 4.74 Å². The Kier molecular flexibility index (Phi) is 4.67. The van der Waals surface area contributed by atoms with Crippen LogP contribution in [0.15, 0.2) is 12.3 Å². The van der Waals surface area contributed by atoms with E-state index in [-0.39, 0.29) is 24.4 Å². The molecule has 0 radical (unpaired) electrons. The minimum Gasteiger partial charge on any atom is -0.469 e. The van der Waals surface area contributed by atoms with Crippen LogP contribution < -0.4 is 0 Å². The SMILES string of the molecule is COC(=O)CC1CN(C(=O)c2cc(Cl)cn2C)CCO1. The molecule has 0 spiro atoms. The average molecular weight is 301 g/mol. The molecule has 0 N–H and O–H groups in total. The Morgan fingerprint density at radius 3 is 2.90 bits per heavy atom. The van der Waals surface area contributed by atoms with E-state index in [1.807, 2.05) is 0 Å². The number of hydrogen-bond donors (Lipinski definition) is 0. The summed E-state index contributed by atoms with van der Waals surface area (Å²) in [7, 11) is 3.10. The summed E-state index contributed by atoms with van der Waals surface area (Å²) in [4.78, 5) is 25.3. The van der Waals surface area contributed by atoms with Crippen molar-refractivity contribution in [1.29, 1.82) is 0 Å². The van der Waals surface area contributed by atoms with Crippen molar-refractivity contribution >= 4 is 23.5 Å². The smallest absolute Gasteiger partial charge is 0.308 e. The Morgan fingerprint density at radius 2 is 2.30 bits per heavy atom. The topological polar surface area (TPSA) is 60.8 Å². The first-order chi connectivity index (χ1) is 9.51. The number of hydrogen-bond acceptors (Lipinski definition) is 4. The van der Waals surface area contributed by atoms with E-state index in [0.717, 1.165) is 0 Å². The number of halogens is 1. The van der Waals surface area contributed by atoms with Gasteiger partial charge in [-0.15, -0.1) is 0 Å². The van der Waals surface area contributed by atoms with Crippen molar-refractivity contribution in [1.82, 2.24) is 9.47 Å². The van der Waals surface area contributed by atoms with Gasteiger partial charge in [-0.25, -0.2) is 0 Å². The van der Waals surface area contributed by atoms with Crippen LogP contribution in [0.25, 0.3) is 0 Å². The maximum atomic E-state index is 12.4. The molecule has 1 aromatic heterocycles. The zero-order valence-electron chi connectivity index (χ0n) is 11.5. The largest absolute Gasteiger partial charge is 0.469 e. The van der Waals surface area contributed by atoms with Crippen LogP contribution in [0.1, 0.15) is 16.9 Å². The maximum Gasteiger partial charge on any atom is 0.308 e. The number of nitrogens with zero attached hydrogens (tertiary/aromatic N) is 2. The fraction of sp³-hybridized carbons (Fsp3) is 0.538. The van der Waals surface area contributed by atoms with Crippen LogP contribution in [-0.2, 0) is 21.3 Å². The van der Waals surface area contributed by atoms with Crippen molar-refractivity contribution in [3.05, 3.63) is 23.0 Å². The van der Waals surface area contributed by atoms with E-state index in [1.165, 1.54) is 7.11 Å². The molecule has 20 heavy (non-hydrogen) atoms. The summed E-state index contributed by atoms with van der Waals surface area (Å²) < 4.78 is 11.8. The highest BCUT2D eigenvalue weighted by atomic mass is 35.5. The van der Waals surface area contributed by atoms with Gasteiger partial charge >= 0.3 is 5.97 Å². The monoisotopic (exact) mass is 300 g/mol. The normalized spacial score (nSPS) is 18.9. The van der Waals surface area contributed by atoms with Crippen LogP contribution in [0.3, 0.4) is 0 Å². The second-order valence-electron chi connectivity index (χ2n) is 4.68. The molecule has 1 aromatic rings. The van der Waals surface area contributed by atoms with Crippen LogP contribution in [0.4, 0.5) is 0 Å². The number of ether oxygens (including phenoxy) is 2. The number of aryl methyl sites for hydroxylation is 1. The van der Waals surface area contributed by atoms with Crippen molar-refractivity contribution in [2.75, 3.05) is 26.8 Å². The third-order valence-corrected chi connectivity index (χ3v) is 3.45. The van der Waals surface area contributed by atoms with Crippen LogP contribution in [0.5, 0.6) is 0 Å². The van der Waals surface area contributed by atoms with Gasteiger partial charge in [-0.2, -0.15) is 0 Å². The minimum absolute atomic E-state index is 0.113. The fourth-order valence-electron chi connectivity index (χ4n) is 2.20. The Balaban J connectivity index is 2.03. The van der Waals surface area contributed by atoms with Gasteiger partial charge in [-0.3, -0.25) is 9.59 Å². The number of rotatable bonds is 3. The number of methoxy groups -OCH3 is 1. The van der Waals surface area contributed by atoms with Crippen molar-refractivity contribution in [3.8, 4) is 0 Å². The number of morpholine rings is 1. The van der Waals surface area contributed by atoms with Gasteiger partial charge in [0.15, 0.2) is 0 Å². The summed E-state index contributed by atoms with van der Waals surface area (Å²) in [6.45, 7) is 1.28. The van der Waals surface area contributed by atoms with Crippen LogP contribution in [0.2, 0.25) is 5.02 Å². The van der Waals surface area contributed by atoms with Gasteiger partial charge in [0.1, 0.15) is 5.69 Å². The van der Waals surface area contributed by atoms with Crippen LogP contribution in [-0.4, -0.2) is 54.3 Å². The molecule has 1 unspecified atom stereocenters. The first-order valence-electron chi connectivity index (χ1n) is 6.31. The Bertz CT molecular complexity index is 514. The molecule has 0 saturated carbocycles. The van der Waals surface area contributed by atoms with Gasteiger partial charge in [-0.1, -0.05) is 11.6 Å². The van der Waals surface area contributed by atoms with E-state index < -0.39 is 0 Å². The summed E-state index contributed by atoms with van der Waals surface area (Å²) in [6.07, 6.45) is 1.51. The third kappa shape index (κ3) is 3.32. The summed E-state index contributed by atoms with van der Waals surface area (Å²) in [5.74, 6) is -0.455. The number of carbonyl (C=O) groups excluding carboxylic acids is 2. The summed E-state index contributed by atoms with van der Waals surface area (Å²) >= 11 is 5.89. The maximum absolute atomic E-state index is 12.4. The molecule has 1 atom stereocenters. The zero-order valence-corrected chi connectivity index (χ0v) is 12.2. The van der Waals surface area contributed by atoms with Crippen LogP contribution >= 0.6 is 11.6 Å². The summed E-state index contributed by atoms with van der Waals surface area (Å²) in [6, 6.07) is 1.63. The molecule has 1 fully saturated rings. The lowest BCUT2D eigenvalue weighted by atomic mass is 10.2. The summed E-state index contributed by atoms with van der Waals surface area (Å²) in [5, 5.41) is 0.523. The number of esters is 1. The third-order valence-electron chi connectivity index (χ3n) is 3.24. The van der Waals surface area contributed by atoms with Crippen molar-refractivity contribution in [2.24, 2.45) is 7.05 Å². The molecular formula is C13H17ClN2O4. The molecule has 7 heteroatoms. The number of amides is 1. The predicted molar refractivity (Wildman–Crippen MR) is 72.7 cm³/mol. The fourth-order valence-corrected chi connectivity index (χ4v) is 2.45. The molecule has 6 nitrogen and oxygen atoms in total. The highest BCUT2D eigenvalue weighted by Gasteiger charge is 2.28. The van der Waals surface area contributed by atoms with Gasteiger partial charge in [-0.05, 0) is 6.07 Å².